The van der Waals surface area contributed by atoms with E-state index in [1.165, 1.54) is 0 Å². The van der Waals surface area contributed by atoms with Gasteiger partial charge < -0.3 is 4.74 Å². The molecular formula is C23H32F4O. The van der Waals surface area contributed by atoms with Crippen molar-refractivity contribution >= 4 is 0 Å². The molecule has 0 aromatic heterocycles. The van der Waals surface area contributed by atoms with Gasteiger partial charge in [0, 0.05) is 6.42 Å². The number of alkyl halides is 2. The Morgan fingerprint density at radius 3 is 2.07 bits per heavy atom. The lowest BCUT2D eigenvalue weighted by molar-refractivity contribution is 0.111. The summed E-state index contributed by atoms with van der Waals surface area (Å²) in [6.07, 6.45) is 6.78. The second-order valence-corrected chi connectivity index (χ2v) is 8.57. The van der Waals surface area contributed by atoms with E-state index < -0.39 is 18.1 Å². The van der Waals surface area contributed by atoms with E-state index in [1.807, 2.05) is 0 Å². The summed E-state index contributed by atoms with van der Waals surface area (Å²) in [5.74, 6) is 0.207. The second kappa shape index (κ2) is 9.98. The predicted octanol–water partition coefficient (Wildman–Crippen LogP) is 7.49. The predicted molar refractivity (Wildman–Crippen MR) is 103 cm³/mol. The van der Waals surface area contributed by atoms with Crippen LogP contribution in [0.5, 0.6) is 5.75 Å². The van der Waals surface area contributed by atoms with Crippen LogP contribution in [0.25, 0.3) is 0 Å². The molecule has 2 saturated carbocycles. The monoisotopic (exact) mass is 400 g/mol. The zero-order valence-electron chi connectivity index (χ0n) is 16.7. The van der Waals surface area contributed by atoms with Crippen LogP contribution in [0.3, 0.4) is 0 Å². The topological polar surface area (TPSA) is 9.23 Å². The molecule has 2 aliphatic rings. The summed E-state index contributed by atoms with van der Waals surface area (Å²) in [6.45, 7) is 2.06. The minimum absolute atomic E-state index is 0.0129. The molecule has 0 unspecified atom stereocenters. The molecule has 2 fully saturated rings. The van der Waals surface area contributed by atoms with Gasteiger partial charge in [0.15, 0.2) is 11.6 Å². The van der Waals surface area contributed by atoms with Gasteiger partial charge in [-0.1, -0.05) is 18.9 Å². The van der Waals surface area contributed by atoms with Crippen molar-refractivity contribution in [3.8, 4) is 5.75 Å². The maximum Gasteiger partial charge on any atom is 0.238 e. The standard InChI is InChI=1S/C23H32F4O/c1-2-28-20-13-12-19(22(26)23(20)27)18-10-8-17(9-11-18)16-6-3-15(4-7-16)5-14-21(24)25/h12-13,15-18,21H,2-11,14H2,1H3. The van der Waals surface area contributed by atoms with Crippen LogP contribution in [0.15, 0.2) is 12.1 Å². The molecule has 1 nitrogen and oxygen atoms in total. The number of hydrogen-bond donors (Lipinski definition) is 0. The Morgan fingerprint density at radius 1 is 0.893 bits per heavy atom. The maximum absolute atomic E-state index is 14.5. The number of hydrogen-bond acceptors (Lipinski definition) is 1. The lowest BCUT2D eigenvalue weighted by Gasteiger charge is -2.38. The molecule has 2 aliphatic carbocycles. The normalized spacial score (nSPS) is 28.5. The third-order valence-electron chi connectivity index (χ3n) is 6.94. The number of benzene rings is 1. The van der Waals surface area contributed by atoms with Crippen LogP contribution in [-0.4, -0.2) is 13.0 Å². The first kappa shape index (κ1) is 21.4. The van der Waals surface area contributed by atoms with Gasteiger partial charge in [0.1, 0.15) is 0 Å². The van der Waals surface area contributed by atoms with E-state index in [1.54, 1.807) is 19.1 Å². The molecule has 0 radical (unpaired) electrons. The summed E-state index contributed by atoms with van der Waals surface area (Å²) in [6, 6.07) is 3.23. The van der Waals surface area contributed by atoms with E-state index in [-0.39, 0.29) is 18.1 Å². The number of ether oxygens (including phenoxy) is 1. The first-order chi connectivity index (χ1) is 13.5. The molecular weight excluding hydrogens is 368 g/mol. The highest BCUT2D eigenvalue weighted by Gasteiger charge is 2.32. The van der Waals surface area contributed by atoms with Crippen molar-refractivity contribution in [2.75, 3.05) is 6.61 Å². The smallest absolute Gasteiger partial charge is 0.238 e. The minimum atomic E-state index is -2.18. The van der Waals surface area contributed by atoms with E-state index in [0.29, 0.717) is 36.3 Å². The molecule has 0 heterocycles. The van der Waals surface area contributed by atoms with Crippen molar-refractivity contribution < 1.29 is 22.3 Å². The fourth-order valence-electron chi connectivity index (χ4n) is 5.34. The van der Waals surface area contributed by atoms with Gasteiger partial charge in [0.25, 0.3) is 0 Å². The van der Waals surface area contributed by atoms with E-state index in [9.17, 15) is 17.6 Å². The summed E-state index contributed by atoms with van der Waals surface area (Å²) in [7, 11) is 0. The summed E-state index contributed by atoms with van der Waals surface area (Å²) < 4.78 is 58.6. The lowest BCUT2D eigenvalue weighted by Crippen LogP contribution is -2.26. The van der Waals surface area contributed by atoms with Crippen LogP contribution in [0.2, 0.25) is 0 Å². The molecule has 0 amide bonds. The molecule has 28 heavy (non-hydrogen) atoms. The highest BCUT2D eigenvalue weighted by molar-refractivity contribution is 5.33. The number of rotatable bonds is 7. The second-order valence-electron chi connectivity index (χ2n) is 8.57. The zero-order chi connectivity index (χ0) is 20.1. The van der Waals surface area contributed by atoms with Crippen molar-refractivity contribution in [2.24, 2.45) is 17.8 Å². The Morgan fingerprint density at radius 2 is 1.50 bits per heavy atom. The first-order valence-corrected chi connectivity index (χ1v) is 10.9. The Labute approximate surface area is 165 Å². The summed E-state index contributed by atoms with van der Waals surface area (Å²) in [4.78, 5) is 0. The maximum atomic E-state index is 14.5. The number of halogens is 4. The Bertz CT molecular complexity index is 617. The molecule has 0 aliphatic heterocycles. The average Bonchev–Trinajstić information content (AvgIpc) is 2.71. The fourth-order valence-corrected chi connectivity index (χ4v) is 5.34. The van der Waals surface area contributed by atoms with Gasteiger partial charge in [0.2, 0.25) is 12.2 Å². The fraction of sp³-hybridized carbons (Fsp3) is 0.739. The van der Waals surface area contributed by atoms with Gasteiger partial charge in [-0.3, -0.25) is 0 Å². The van der Waals surface area contributed by atoms with Crippen LogP contribution in [0.1, 0.15) is 82.6 Å². The SMILES string of the molecule is CCOc1ccc(C2CCC(C3CCC(CCC(F)F)CC3)CC2)c(F)c1F. The molecule has 0 N–H and O–H groups in total. The molecule has 0 spiro atoms. The van der Waals surface area contributed by atoms with Gasteiger partial charge in [0.05, 0.1) is 6.61 Å². The van der Waals surface area contributed by atoms with Gasteiger partial charge in [-0.2, -0.15) is 4.39 Å². The van der Waals surface area contributed by atoms with E-state index >= 15 is 0 Å². The van der Waals surface area contributed by atoms with E-state index in [4.69, 9.17) is 4.74 Å². The van der Waals surface area contributed by atoms with Gasteiger partial charge in [-0.25, -0.2) is 13.2 Å². The van der Waals surface area contributed by atoms with Gasteiger partial charge in [-0.05, 0) is 87.2 Å². The molecule has 5 heteroatoms. The molecule has 0 atom stereocenters. The van der Waals surface area contributed by atoms with Crippen LogP contribution >= 0.6 is 0 Å². The van der Waals surface area contributed by atoms with Crippen LogP contribution in [0, 0.1) is 29.4 Å². The lowest BCUT2D eigenvalue weighted by atomic mass is 9.68. The first-order valence-electron chi connectivity index (χ1n) is 10.9. The Hall–Kier alpha value is -1.26. The van der Waals surface area contributed by atoms with Gasteiger partial charge in [-0.15, -0.1) is 0 Å². The Balaban J connectivity index is 1.49. The average molecular weight is 401 g/mol. The van der Waals surface area contributed by atoms with Crippen LogP contribution in [0.4, 0.5) is 17.6 Å². The van der Waals surface area contributed by atoms with Crippen LogP contribution < -0.4 is 4.74 Å². The summed E-state index contributed by atoms with van der Waals surface area (Å²) in [5, 5.41) is 0. The third kappa shape index (κ3) is 5.21. The van der Waals surface area contributed by atoms with Crippen molar-refractivity contribution in [3.05, 3.63) is 29.3 Å². The summed E-state index contributed by atoms with van der Waals surface area (Å²) in [5.41, 5.74) is 0.482. The van der Waals surface area contributed by atoms with Crippen molar-refractivity contribution in [1.82, 2.24) is 0 Å². The van der Waals surface area contributed by atoms with Crippen molar-refractivity contribution in [3.63, 3.8) is 0 Å². The molecule has 0 saturated heterocycles. The van der Waals surface area contributed by atoms with Crippen molar-refractivity contribution in [1.29, 1.82) is 0 Å². The molecule has 0 bridgehead atoms. The van der Waals surface area contributed by atoms with Crippen molar-refractivity contribution in [2.45, 2.75) is 83.5 Å². The van der Waals surface area contributed by atoms with Gasteiger partial charge >= 0.3 is 0 Å². The third-order valence-corrected chi connectivity index (χ3v) is 6.94. The largest absolute Gasteiger partial charge is 0.491 e. The minimum Gasteiger partial charge on any atom is -0.491 e. The highest BCUT2D eigenvalue weighted by atomic mass is 19.3. The van der Waals surface area contributed by atoms with Crippen LogP contribution in [-0.2, 0) is 0 Å². The van der Waals surface area contributed by atoms with E-state index in [2.05, 4.69) is 0 Å². The van der Waals surface area contributed by atoms with E-state index in [0.717, 1.165) is 51.4 Å². The summed E-state index contributed by atoms with van der Waals surface area (Å²) >= 11 is 0. The highest BCUT2D eigenvalue weighted by Crippen LogP contribution is 2.45. The molecule has 158 valence electrons. The quantitative estimate of drug-likeness (QED) is 0.431. The molecule has 3 rings (SSSR count). The molecule has 1 aromatic carbocycles. The molecule has 1 aromatic rings. The Kier molecular flexibility index (Phi) is 7.64. The zero-order valence-corrected chi connectivity index (χ0v) is 16.7.